The van der Waals surface area contributed by atoms with Crippen LogP contribution in [0.2, 0.25) is 0 Å². The topological polar surface area (TPSA) is 137 Å². The molecule has 1 amide bonds. The summed E-state index contributed by atoms with van der Waals surface area (Å²) < 4.78 is 18.6. The van der Waals surface area contributed by atoms with Crippen LogP contribution in [0.3, 0.4) is 0 Å². The molecular weight excluding hydrogens is 411 g/mol. The van der Waals surface area contributed by atoms with E-state index in [9.17, 15) is 29.4 Å². The van der Waals surface area contributed by atoms with Gasteiger partial charge in [0.05, 0.1) is 22.1 Å². The zero-order chi connectivity index (χ0) is 22.4. The van der Waals surface area contributed by atoms with Gasteiger partial charge in [0.1, 0.15) is 11.6 Å². The largest absolute Gasteiger partial charge is 0.450 e. The molecule has 1 N–H and O–H groups in total. The Balaban J connectivity index is 1.67. The first-order valence-electron chi connectivity index (χ1n) is 8.63. The summed E-state index contributed by atoms with van der Waals surface area (Å²) in [6.45, 7) is 0. The van der Waals surface area contributed by atoms with Gasteiger partial charge >= 0.3 is 5.69 Å². The van der Waals surface area contributed by atoms with Gasteiger partial charge in [-0.3, -0.25) is 25.0 Å². The molecule has 0 radical (unpaired) electrons. The fourth-order valence-corrected chi connectivity index (χ4v) is 2.46. The number of carbonyl (C=O) groups excluding carboxylic acids is 1. The molecular formula is C20H13FN4O6. The highest BCUT2D eigenvalue weighted by Crippen LogP contribution is 2.34. The van der Waals surface area contributed by atoms with Crippen molar-refractivity contribution in [2.24, 2.45) is 5.10 Å². The van der Waals surface area contributed by atoms with Crippen LogP contribution in [0.5, 0.6) is 11.5 Å². The standard InChI is InChI=1S/C20H13FN4O6/c21-15-3-1-2-14(10-15)20(26)23-22-12-13-4-7-17(8-5-13)31-19-9-6-16(24(27)28)11-18(19)25(29)30/h1-12H,(H,23,26)/b22-12+. The molecule has 0 bridgehead atoms. The van der Waals surface area contributed by atoms with E-state index in [4.69, 9.17) is 4.74 Å². The fourth-order valence-electron chi connectivity index (χ4n) is 2.46. The lowest BCUT2D eigenvalue weighted by atomic mass is 10.2. The Morgan fingerprint density at radius 2 is 1.74 bits per heavy atom. The summed E-state index contributed by atoms with van der Waals surface area (Å²) in [5.74, 6) is -1.03. The van der Waals surface area contributed by atoms with Gasteiger partial charge in [-0.1, -0.05) is 6.07 Å². The highest BCUT2D eigenvalue weighted by atomic mass is 19.1. The third-order valence-corrected chi connectivity index (χ3v) is 3.92. The van der Waals surface area contributed by atoms with Crippen LogP contribution in [0.25, 0.3) is 0 Å². The molecule has 10 nitrogen and oxygen atoms in total. The summed E-state index contributed by atoms with van der Waals surface area (Å²) in [6.07, 6.45) is 1.34. The van der Waals surface area contributed by atoms with Crippen molar-refractivity contribution < 1.29 is 23.8 Å². The number of nitrogens with one attached hydrogen (secondary N) is 1. The van der Waals surface area contributed by atoms with E-state index in [-0.39, 0.29) is 17.1 Å². The van der Waals surface area contributed by atoms with Crippen molar-refractivity contribution in [1.29, 1.82) is 0 Å². The molecule has 0 unspecified atom stereocenters. The van der Waals surface area contributed by atoms with Crippen LogP contribution in [0, 0.1) is 26.0 Å². The first-order chi connectivity index (χ1) is 14.8. The van der Waals surface area contributed by atoms with Gasteiger partial charge in [-0.25, -0.2) is 9.82 Å². The molecule has 0 aromatic heterocycles. The molecule has 3 aromatic carbocycles. The van der Waals surface area contributed by atoms with Crippen molar-refractivity contribution in [1.82, 2.24) is 5.43 Å². The van der Waals surface area contributed by atoms with E-state index >= 15 is 0 Å². The van der Waals surface area contributed by atoms with Gasteiger partial charge in [-0.2, -0.15) is 5.10 Å². The molecule has 0 atom stereocenters. The SMILES string of the molecule is O=C(N/N=C/c1ccc(Oc2ccc([N+](=O)[O-])cc2[N+](=O)[O-])cc1)c1cccc(F)c1. The number of amides is 1. The average molecular weight is 424 g/mol. The second-order valence-electron chi connectivity index (χ2n) is 6.05. The molecule has 31 heavy (non-hydrogen) atoms. The number of hydrogen-bond donors (Lipinski definition) is 1. The Labute approximate surface area is 173 Å². The Morgan fingerprint density at radius 3 is 2.39 bits per heavy atom. The first-order valence-corrected chi connectivity index (χ1v) is 8.63. The van der Waals surface area contributed by atoms with E-state index in [2.05, 4.69) is 10.5 Å². The Hall–Kier alpha value is -4.67. The summed E-state index contributed by atoms with van der Waals surface area (Å²) in [6, 6.07) is 14.4. The van der Waals surface area contributed by atoms with Crippen molar-refractivity contribution in [2.45, 2.75) is 0 Å². The zero-order valence-corrected chi connectivity index (χ0v) is 15.6. The number of carbonyl (C=O) groups is 1. The Bertz CT molecular complexity index is 1180. The van der Waals surface area contributed by atoms with E-state index in [0.717, 1.165) is 24.3 Å². The molecule has 0 fully saturated rings. The van der Waals surface area contributed by atoms with Gasteiger partial charge in [0.2, 0.25) is 5.75 Å². The number of benzene rings is 3. The van der Waals surface area contributed by atoms with E-state index in [1.165, 1.54) is 36.5 Å². The number of hydrazone groups is 1. The second-order valence-corrected chi connectivity index (χ2v) is 6.05. The minimum atomic E-state index is -0.773. The van der Waals surface area contributed by atoms with Crippen molar-refractivity contribution >= 4 is 23.5 Å². The molecule has 0 aliphatic carbocycles. The van der Waals surface area contributed by atoms with E-state index in [0.29, 0.717) is 5.56 Å². The minimum absolute atomic E-state index is 0.116. The van der Waals surface area contributed by atoms with Gasteiger partial charge < -0.3 is 4.74 Å². The van der Waals surface area contributed by atoms with Crippen LogP contribution in [-0.2, 0) is 0 Å². The predicted octanol–water partition coefficient (Wildman–Crippen LogP) is 4.20. The molecule has 0 aliphatic heterocycles. The molecule has 0 aliphatic rings. The van der Waals surface area contributed by atoms with Crippen molar-refractivity contribution in [3.63, 3.8) is 0 Å². The Kier molecular flexibility index (Phi) is 6.26. The molecule has 3 aromatic rings. The van der Waals surface area contributed by atoms with Crippen LogP contribution < -0.4 is 10.2 Å². The normalized spacial score (nSPS) is 10.6. The lowest BCUT2D eigenvalue weighted by Crippen LogP contribution is -2.17. The maximum atomic E-state index is 13.1. The quantitative estimate of drug-likeness (QED) is 0.343. The fraction of sp³-hybridized carbons (Fsp3) is 0. The number of nitro benzene ring substituents is 2. The van der Waals surface area contributed by atoms with Gasteiger partial charge in [0.15, 0.2) is 0 Å². The minimum Gasteiger partial charge on any atom is -0.450 e. The second kappa shape index (κ2) is 9.22. The number of rotatable bonds is 7. The molecule has 11 heteroatoms. The van der Waals surface area contributed by atoms with Gasteiger partial charge in [-0.05, 0) is 54.1 Å². The van der Waals surface area contributed by atoms with E-state index in [1.807, 2.05) is 0 Å². The van der Waals surface area contributed by atoms with Crippen LogP contribution in [0.4, 0.5) is 15.8 Å². The molecule has 156 valence electrons. The number of halogens is 1. The molecule has 0 heterocycles. The number of non-ortho nitro benzene ring substituents is 1. The maximum Gasteiger partial charge on any atom is 0.318 e. The van der Waals surface area contributed by atoms with Gasteiger partial charge in [0, 0.05) is 11.6 Å². The monoisotopic (exact) mass is 424 g/mol. The third-order valence-electron chi connectivity index (χ3n) is 3.92. The first kappa shape index (κ1) is 21.0. The summed E-state index contributed by atoms with van der Waals surface area (Å²) in [4.78, 5) is 32.3. The maximum absolute atomic E-state index is 13.1. The number of hydrogen-bond acceptors (Lipinski definition) is 7. The van der Waals surface area contributed by atoms with Crippen LogP contribution >= 0.6 is 0 Å². The van der Waals surface area contributed by atoms with Crippen LogP contribution in [0.1, 0.15) is 15.9 Å². The number of nitro groups is 2. The molecule has 0 spiro atoms. The zero-order valence-electron chi connectivity index (χ0n) is 15.6. The van der Waals surface area contributed by atoms with E-state index in [1.54, 1.807) is 12.1 Å². The van der Waals surface area contributed by atoms with E-state index < -0.39 is 32.9 Å². The van der Waals surface area contributed by atoms with Gasteiger partial charge in [0.25, 0.3) is 11.6 Å². The average Bonchev–Trinajstić information content (AvgIpc) is 2.75. The van der Waals surface area contributed by atoms with Crippen molar-refractivity contribution in [2.75, 3.05) is 0 Å². The highest BCUT2D eigenvalue weighted by Gasteiger charge is 2.21. The Morgan fingerprint density at radius 1 is 1.00 bits per heavy atom. The number of ether oxygens (including phenoxy) is 1. The lowest BCUT2D eigenvalue weighted by Gasteiger charge is -2.06. The summed E-state index contributed by atoms with van der Waals surface area (Å²) in [5.41, 5.74) is 1.99. The molecule has 0 saturated carbocycles. The molecule has 0 saturated heterocycles. The lowest BCUT2D eigenvalue weighted by molar-refractivity contribution is -0.394. The van der Waals surface area contributed by atoms with Crippen LogP contribution in [0.15, 0.2) is 71.8 Å². The number of nitrogens with zero attached hydrogens (tertiary/aromatic N) is 3. The van der Waals surface area contributed by atoms with Crippen molar-refractivity contribution in [3.05, 3.63) is 104 Å². The van der Waals surface area contributed by atoms with Crippen molar-refractivity contribution in [3.8, 4) is 11.5 Å². The van der Waals surface area contributed by atoms with Gasteiger partial charge in [-0.15, -0.1) is 0 Å². The van der Waals surface area contributed by atoms with Crippen LogP contribution in [-0.4, -0.2) is 22.0 Å². The highest BCUT2D eigenvalue weighted by molar-refractivity contribution is 5.94. The third kappa shape index (κ3) is 5.44. The summed E-state index contributed by atoms with van der Waals surface area (Å²) in [5, 5.41) is 25.7. The smallest absolute Gasteiger partial charge is 0.318 e. The molecule has 3 rings (SSSR count). The summed E-state index contributed by atoms with van der Waals surface area (Å²) in [7, 11) is 0. The summed E-state index contributed by atoms with van der Waals surface area (Å²) >= 11 is 0. The predicted molar refractivity (Wildman–Crippen MR) is 108 cm³/mol.